The van der Waals surface area contributed by atoms with Crippen LogP contribution in [0.4, 0.5) is 35.2 Å². The molecule has 1 aliphatic rings. The summed E-state index contributed by atoms with van der Waals surface area (Å²) in [7, 11) is 1.48. The number of carbonyl (C=O) groups is 2. The van der Waals surface area contributed by atoms with Crippen molar-refractivity contribution in [2.45, 2.75) is 24.6 Å². The van der Waals surface area contributed by atoms with Crippen molar-refractivity contribution in [2.75, 3.05) is 17.3 Å². The molecule has 0 aliphatic heterocycles. The van der Waals surface area contributed by atoms with Crippen LogP contribution >= 0.6 is 11.6 Å². The zero-order valence-corrected chi connectivity index (χ0v) is 18.9. The van der Waals surface area contributed by atoms with Gasteiger partial charge in [0.25, 0.3) is 5.91 Å². The van der Waals surface area contributed by atoms with Crippen molar-refractivity contribution in [3.05, 3.63) is 65.8 Å². The van der Waals surface area contributed by atoms with Crippen LogP contribution in [-0.2, 0) is 11.0 Å². The number of nitrogens with zero attached hydrogens (tertiary/aromatic N) is 4. The molecule has 1 aliphatic carbocycles. The van der Waals surface area contributed by atoms with Gasteiger partial charge in [0.05, 0.1) is 35.5 Å². The summed E-state index contributed by atoms with van der Waals surface area (Å²) in [6.07, 6.45) is 0.583. The van der Waals surface area contributed by atoms with Crippen molar-refractivity contribution in [1.82, 2.24) is 20.3 Å². The first-order valence-electron chi connectivity index (χ1n) is 10.2. The Hall–Kier alpha value is -3.93. The molecule has 0 saturated heterocycles. The van der Waals surface area contributed by atoms with E-state index in [4.69, 9.17) is 16.3 Å². The minimum Gasteiger partial charge on any atom is -0.407 e. The third-order valence-electron chi connectivity index (χ3n) is 5.21. The van der Waals surface area contributed by atoms with E-state index in [1.165, 1.54) is 61.1 Å². The maximum atomic E-state index is 13.3. The summed E-state index contributed by atoms with van der Waals surface area (Å²) in [5.74, 6) is -0.0460. The number of pyridine rings is 1. The van der Waals surface area contributed by atoms with Gasteiger partial charge in [-0.1, -0.05) is 11.6 Å². The molecule has 9 nitrogen and oxygen atoms in total. The molecule has 3 aromatic rings. The summed E-state index contributed by atoms with van der Waals surface area (Å²) in [5, 5.41) is 5.19. The van der Waals surface area contributed by atoms with Crippen LogP contribution in [0.2, 0.25) is 5.02 Å². The molecule has 0 atom stereocenters. The number of anilines is 3. The molecule has 13 heteroatoms. The second-order valence-electron chi connectivity index (χ2n) is 7.75. The fourth-order valence-electron chi connectivity index (χ4n) is 3.28. The van der Waals surface area contributed by atoms with Crippen LogP contribution in [0.15, 0.2) is 55.2 Å². The number of nitrogens with one attached hydrogen (secondary N) is 2. The van der Waals surface area contributed by atoms with Gasteiger partial charge in [0, 0.05) is 12.1 Å². The average molecular weight is 507 g/mol. The summed E-state index contributed by atoms with van der Waals surface area (Å²) in [6.45, 7) is 0. The number of likely N-dealkylation sites (N-methyl/N-ethyl adjacent to an activating group) is 1. The predicted octanol–water partition coefficient (Wildman–Crippen LogP) is 4.57. The Morgan fingerprint density at radius 3 is 2.43 bits per heavy atom. The Balaban J connectivity index is 1.42. The standard InChI is InChI=1S/C22H18ClF3N6O3/c1-32(19(33)21(6-7-21)31-20(34)35-15-10-27-12-28-11-15)18-5-3-14(9-29-18)30-17-4-2-13(23)8-16(17)22(24,25)26/h2-5,8-12,30H,6-7H2,1H3,(H,31,34). The second kappa shape index (κ2) is 9.37. The van der Waals surface area contributed by atoms with E-state index in [0.717, 1.165) is 6.07 Å². The van der Waals surface area contributed by atoms with E-state index in [2.05, 4.69) is 25.6 Å². The highest BCUT2D eigenvalue weighted by Crippen LogP contribution is 2.39. The Morgan fingerprint density at radius 1 is 1.11 bits per heavy atom. The van der Waals surface area contributed by atoms with Gasteiger partial charge in [0.1, 0.15) is 17.7 Å². The van der Waals surface area contributed by atoms with E-state index < -0.39 is 29.3 Å². The van der Waals surface area contributed by atoms with E-state index in [-0.39, 0.29) is 28.0 Å². The van der Waals surface area contributed by atoms with Crippen molar-refractivity contribution in [3.8, 4) is 5.75 Å². The lowest BCUT2D eigenvalue weighted by atomic mass is 10.1. The fourth-order valence-corrected chi connectivity index (χ4v) is 3.45. The second-order valence-corrected chi connectivity index (χ2v) is 8.19. The van der Waals surface area contributed by atoms with Crippen LogP contribution in [-0.4, -0.2) is 39.5 Å². The molecule has 182 valence electrons. The monoisotopic (exact) mass is 506 g/mol. The molecule has 2 N–H and O–H groups in total. The molecule has 2 amide bonds. The topological polar surface area (TPSA) is 109 Å². The molecule has 0 unspecified atom stereocenters. The molecule has 0 radical (unpaired) electrons. The molecule has 2 aromatic heterocycles. The molecule has 1 aromatic carbocycles. The molecule has 2 heterocycles. The highest BCUT2D eigenvalue weighted by Gasteiger charge is 2.53. The number of hydrogen-bond acceptors (Lipinski definition) is 7. The third kappa shape index (κ3) is 5.60. The van der Waals surface area contributed by atoms with Gasteiger partial charge in [-0.15, -0.1) is 0 Å². The molecular weight excluding hydrogens is 489 g/mol. The van der Waals surface area contributed by atoms with E-state index >= 15 is 0 Å². The van der Waals surface area contributed by atoms with Crippen molar-refractivity contribution >= 4 is 40.8 Å². The third-order valence-corrected chi connectivity index (χ3v) is 5.45. The van der Waals surface area contributed by atoms with Crippen LogP contribution in [0.5, 0.6) is 5.75 Å². The molecule has 0 bridgehead atoms. The number of aromatic nitrogens is 3. The van der Waals surface area contributed by atoms with Gasteiger partial charge in [0.2, 0.25) is 0 Å². The number of ether oxygens (including phenoxy) is 1. The van der Waals surface area contributed by atoms with Gasteiger partial charge in [-0.25, -0.2) is 19.7 Å². The van der Waals surface area contributed by atoms with Crippen LogP contribution in [0, 0.1) is 0 Å². The van der Waals surface area contributed by atoms with Gasteiger partial charge in [-0.2, -0.15) is 13.2 Å². The summed E-state index contributed by atoms with van der Waals surface area (Å²) in [4.78, 5) is 38.1. The minimum atomic E-state index is -4.60. The lowest BCUT2D eigenvalue weighted by Gasteiger charge is -2.23. The van der Waals surface area contributed by atoms with Crippen LogP contribution < -0.4 is 20.3 Å². The number of rotatable bonds is 6. The molecule has 1 saturated carbocycles. The Labute approximate surface area is 202 Å². The highest BCUT2D eigenvalue weighted by atomic mass is 35.5. The fraction of sp³-hybridized carbons (Fsp3) is 0.227. The predicted molar refractivity (Wildman–Crippen MR) is 121 cm³/mol. The minimum absolute atomic E-state index is 0.0416. The zero-order chi connectivity index (χ0) is 25.2. The smallest absolute Gasteiger partial charge is 0.407 e. The summed E-state index contributed by atoms with van der Waals surface area (Å²) in [5.41, 5.74) is -1.97. The van der Waals surface area contributed by atoms with E-state index in [1.807, 2.05) is 0 Å². The first kappa shape index (κ1) is 24.2. The number of halogens is 4. The number of alkyl halides is 3. The maximum Gasteiger partial charge on any atom is 0.418 e. The van der Waals surface area contributed by atoms with Crippen molar-refractivity contribution < 1.29 is 27.5 Å². The SMILES string of the molecule is CN(C(=O)C1(NC(=O)Oc2cncnc2)CC1)c1ccc(Nc2ccc(Cl)cc2C(F)(F)F)cn1. The number of benzene rings is 1. The van der Waals surface area contributed by atoms with Crippen LogP contribution in [0.1, 0.15) is 18.4 Å². The van der Waals surface area contributed by atoms with E-state index in [1.54, 1.807) is 0 Å². The van der Waals surface area contributed by atoms with Gasteiger partial charge >= 0.3 is 12.3 Å². The van der Waals surface area contributed by atoms with E-state index in [0.29, 0.717) is 12.8 Å². The van der Waals surface area contributed by atoms with E-state index in [9.17, 15) is 22.8 Å². The van der Waals surface area contributed by atoms with Crippen molar-refractivity contribution in [3.63, 3.8) is 0 Å². The summed E-state index contributed by atoms with van der Waals surface area (Å²) < 4.78 is 45.0. The number of amides is 2. The summed E-state index contributed by atoms with van der Waals surface area (Å²) >= 11 is 5.71. The summed E-state index contributed by atoms with van der Waals surface area (Å²) in [6, 6.07) is 6.34. The normalized spacial score (nSPS) is 14.1. The van der Waals surface area contributed by atoms with Gasteiger partial charge in [0.15, 0.2) is 5.75 Å². The van der Waals surface area contributed by atoms with Gasteiger partial charge < -0.3 is 15.4 Å². The Kier molecular flexibility index (Phi) is 6.48. The quantitative estimate of drug-likeness (QED) is 0.504. The Morgan fingerprint density at radius 2 is 1.83 bits per heavy atom. The maximum absolute atomic E-state index is 13.3. The molecule has 35 heavy (non-hydrogen) atoms. The van der Waals surface area contributed by atoms with Crippen LogP contribution in [0.25, 0.3) is 0 Å². The highest BCUT2D eigenvalue weighted by molar-refractivity contribution is 6.30. The average Bonchev–Trinajstić information content (AvgIpc) is 3.60. The molecule has 4 rings (SSSR count). The van der Waals surface area contributed by atoms with Crippen molar-refractivity contribution in [1.29, 1.82) is 0 Å². The Bertz CT molecular complexity index is 1240. The first-order chi connectivity index (χ1) is 16.6. The first-order valence-corrected chi connectivity index (χ1v) is 10.6. The molecule has 1 fully saturated rings. The largest absolute Gasteiger partial charge is 0.418 e. The lowest BCUT2D eigenvalue weighted by Crippen LogP contribution is -2.50. The number of carbonyl (C=O) groups excluding carboxylic acids is 2. The number of hydrogen-bond donors (Lipinski definition) is 2. The lowest BCUT2D eigenvalue weighted by molar-refractivity contribution is -0.137. The van der Waals surface area contributed by atoms with Gasteiger partial charge in [-0.05, 0) is 43.2 Å². The molecule has 0 spiro atoms. The van der Waals surface area contributed by atoms with Gasteiger partial charge in [-0.3, -0.25) is 9.69 Å². The zero-order valence-electron chi connectivity index (χ0n) is 18.1. The molecular formula is C22H18ClF3N6O3. The van der Waals surface area contributed by atoms with Crippen LogP contribution in [0.3, 0.4) is 0 Å². The van der Waals surface area contributed by atoms with Crippen molar-refractivity contribution in [2.24, 2.45) is 0 Å².